The van der Waals surface area contributed by atoms with Crippen LogP contribution in [-0.4, -0.2) is 38.4 Å². The summed E-state index contributed by atoms with van der Waals surface area (Å²) in [6.45, 7) is 0.432. The van der Waals surface area contributed by atoms with Crippen molar-refractivity contribution >= 4 is 21.8 Å². The van der Waals surface area contributed by atoms with E-state index in [1.165, 1.54) is 11.3 Å². The molecule has 29 heavy (non-hydrogen) atoms. The molecular weight excluding hydrogens is 390 g/mol. The third kappa shape index (κ3) is 3.25. The average Bonchev–Trinajstić information content (AvgIpc) is 3.44. The number of hydrogen-bond donors (Lipinski definition) is 0. The summed E-state index contributed by atoms with van der Waals surface area (Å²) in [7, 11) is 3.22. The minimum atomic E-state index is 0.432. The Morgan fingerprint density at radius 3 is 2.59 bits per heavy atom. The third-order valence-corrected chi connectivity index (χ3v) is 5.34. The van der Waals surface area contributed by atoms with E-state index in [1.807, 2.05) is 48.8 Å². The van der Waals surface area contributed by atoms with Crippen LogP contribution in [0.4, 0.5) is 0 Å². The second-order valence-electron chi connectivity index (χ2n) is 6.31. The van der Waals surface area contributed by atoms with Crippen LogP contribution in [0.5, 0.6) is 16.8 Å². The van der Waals surface area contributed by atoms with Gasteiger partial charge >= 0.3 is 0 Å². The highest BCUT2D eigenvalue weighted by atomic mass is 32.1. The van der Waals surface area contributed by atoms with E-state index in [4.69, 9.17) is 14.2 Å². The van der Waals surface area contributed by atoms with Gasteiger partial charge in [0.2, 0.25) is 10.8 Å². The molecule has 0 bridgehead atoms. The van der Waals surface area contributed by atoms with Gasteiger partial charge in [-0.2, -0.15) is 0 Å². The van der Waals surface area contributed by atoms with Gasteiger partial charge in [-0.1, -0.05) is 30.3 Å². The molecule has 4 aromatic heterocycles. The highest BCUT2D eigenvalue weighted by Gasteiger charge is 2.15. The predicted molar refractivity (Wildman–Crippen MR) is 109 cm³/mol. The molecule has 0 N–H and O–H groups in total. The van der Waals surface area contributed by atoms with Crippen molar-refractivity contribution in [3.63, 3.8) is 0 Å². The molecule has 4 heterocycles. The van der Waals surface area contributed by atoms with Gasteiger partial charge in [-0.25, -0.2) is 14.0 Å². The van der Waals surface area contributed by atoms with Crippen LogP contribution in [0.2, 0.25) is 0 Å². The number of imidazole rings is 1. The lowest BCUT2D eigenvalue weighted by molar-refractivity contribution is 0.286. The number of nitrogens with zero attached hydrogens (tertiary/aromatic N) is 5. The number of benzene rings is 1. The Balaban J connectivity index is 1.48. The highest BCUT2D eigenvalue weighted by molar-refractivity contribution is 7.18. The van der Waals surface area contributed by atoms with Crippen LogP contribution in [0.25, 0.3) is 21.7 Å². The zero-order valence-corrected chi connectivity index (χ0v) is 16.6. The fraction of sp³-hybridized carbons (Fsp3) is 0.150. The van der Waals surface area contributed by atoms with Crippen LogP contribution in [0.3, 0.4) is 0 Å². The van der Waals surface area contributed by atoms with Crippen molar-refractivity contribution in [1.82, 2.24) is 24.2 Å². The van der Waals surface area contributed by atoms with E-state index >= 15 is 0 Å². The SMILES string of the molecule is COc1nn2cc(-c3cc4c(OC)cc(OCc5ccccc5)nn4c3)nc2s1. The number of ether oxygens (including phenoxy) is 3. The largest absolute Gasteiger partial charge is 0.494 e. The van der Waals surface area contributed by atoms with E-state index in [9.17, 15) is 0 Å². The Kier molecular flexibility index (Phi) is 4.28. The smallest absolute Gasteiger partial charge is 0.294 e. The molecule has 0 saturated heterocycles. The fourth-order valence-corrected chi connectivity index (χ4v) is 3.75. The van der Waals surface area contributed by atoms with Crippen LogP contribution >= 0.6 is 11.3 Å². The summed E-state index contributed by atoms with van der Waals surface area (Å²) in [6.07, 6.45) is 3.76. The minimum Gasteiger partial charge on any atom is -0.494 e. The standard InChI is InChI=1S/C20H17N5O3S/c1-26-17-9-18(28-12-13-6-4-3-5-7-13)22-24-10-14(8-16(17)24)15-11-25-19(21-15)29-20(23-25)27-2/h3-11H,12H2,1-2H3. The first kappa shape index (κ1) is 17.5. The van der Waals surface area contributed by atoms with E-state index in [2.05, 4.69) is 15.2 Å². The zero-order valence-electron chi connectivity index (χ0n) is 15.8. The zero-order chi connectivity index (χ0) is 19.8. The highest BCUT2D eigenvalue weighted by Crippen LogP contribution is 2.31. The van der Waals surface area contributed by atoms with E-state index in [1.54, 1.807) is 29.3 Å². The van der Waals surface area contributed by atoms with Crippen molar-refractivity contribution in [3.05, 3.63) is 60.4 Å². The van der Waals surface area contributed by atoms with E-state index in [0.29, 0.717) is 23.4 Å². The molecule has 0 fully saturated rings. The van der Waals surface area contributed by atoms with Gasteiger partial charge in [0.1, 0.15) is 17.9 Å². The van der Waals surface area contributed by atoms with Crippen molar-refractivity contribution < 1.29 is 14.2 Å². The lowest BCUT2D eigenvalue weighted by Gasteiger charge is -2.08. The molecule has 146 valence electrons. The van der Waals surface area contributed by atoms with Crippen LogP contribution in [0.15, 0.2) is 54.9 Å². The van der Waals surface area contributed by atoms with Crippen molar-refractivity contribution in [2.75, 3.05) is 14.2 Å². The molecule has 5 rings (SSSR count). The molecular formula is C20H17N5O3S. The van der Waals surface area contributed by atoms with Crippen molar-refractivity contribution in [2.24, 2.45) is 0 Å². The monoisotopic (exact) mass is 407 g/mol. The van der Waals surface area contributed by atoms with Crippen molar-refractivity contribution in [3.8, 4) is 28.1 Å². The number of aromatic nitrogens is 5. The van der Waals surface area contributed by atoms with Gasteiger partial charge in [0.15, 0.2) is 0 Å². The van der Waals surface area contributed by atoms with Gasteiger partial charge in [0, 0.05) is 17.8 Å². The lowest BCUT2D eigenvalue weighted by Crippen LogP contribution is -2.01. The third-order valence-electron chi connectivity index (χ3n) is 4.46. The summed E-state index contributed by atoms with van der Waals surface area (Å²) in [6, 6.07) is 13.7. The molecule has 0 aliphatic carbocycles. The number of hydrogen-bond acceptors (Lipinski definition) is 7. The quantitative estimate of drug-likeness (QED) is 0.427. The summed E-state index contributed by atoms with van der Waals surface area (Å²) in [5, 5.41) is 9.45. The van der Waals surface area contributed by atoms with Gasteiger partial charge in [0.05, 0.1) is 26.1 Å². The normalized spacial score (nSPS) is 11.2. The topological polar surface area (TPSA) is 75.2 Å². The molecule has 0 aliphatic rings. The van der Waals surface area contributed by atoms with Gasteiger partial charge in [-0.05, 0) is 23.0 Å². The molecule has 0 atom stereocenters. The average molecular weight is 407 g/mol. The lowest BCUT2D eigenvalue weighted by atomic mass is 10.2. The van der Waals surface area contributed by atoms with Crippen LogP contribution in [0, 0.1) is 0 Å². The summed E-state index contributed by atoms with van der Waals surface area (Å²) >= 11 is 1.39. The molecule has 0 spiro atoms. The summed E-state index contributed by atoms with van der Waals surface area (Å²) < 4.78 is 20.0. The van der Waals surface area contributed by atoms with Crippen molar-refractivity contribution in [1.29, 1.82) is 0 Å². The number of rotatable bonds is 6. The molecule has 0 saturated carbocycles. The molecule has 0 radical (unpaired) electrons. The summed E-state index contributed by atoms with van der Waals surface area (Å²) in [4.78, 5) is 5.39. The van der Waals surface area contributed by atoms with Crippen molar-refractivity contribution in [2.45, 2.75) is 6.61 Å². The van der Waals surface area contributed by atoms with E-state index < -0.39 is 0 Å². The maximum Gasteiger partial charge on any atom is 0.294 e. The molecule has 9 heteroatoms. The number of methoxy groups -OCH3 is 2. The molecule has 1 aromatic carbocycles. The molecule has 0 aliphatic heterocycles. The molecule has 0 amide bonds. The Morgan fingerprint density at radius 1 is 0.966 bits per heavy atom. The fourth-order valence-electron chi connectivity index (χ4n) is 3.05. The second-order valence-corrected chi connectivity index (χ2v) is 7.23. The first-order valence-electron chi connectivity index (χ1n) is 8.88. The molecule has 8 nitrogen and oxygen atoms in total. The van der Waals surface area contributed by atoms with Crippen LogP contribution in [0.1, 0.15) is 5.56 Å². The van der Waals surface area contributed by atoms with Crippen LogP contribution in [-0.2, 0) is 6.61 Å². The first-order chi connectivity index (χ1) is 14.2. The second kappa shape index (κ2) is 7.10. The van der Waals surface area contributed by atoms with E-state index in [0.717, 1.165) is 27.3 Å². The Morgan fingerprint density at radius 2 is 1.83 bits per heavy atom. The summed E-state index contributed by atoms with van der Waals surface area (Å²) in [5.74, 6) is 1.16. The molecule has 0 unspecified atom stereocenters. The summed E-state index contributed by atoms with van der Waals surface area (Å²) in [5.41, 5.74) is 3.61. The van der Waals surface area contributed by atoms with Gasteiger partial charge in [-0.15, -0.1) is 10.2 Å². The predicted octanol–water partition coefficient (Wildman–Crippen LogP) is 3.70. The maximum atomic E-state index is 5.86. The Labute approximate surface area is 169 Å². The maximum absolute atomic E-state index is 5.86. The Bertz CT molecular complexity index is 1260. The minimum absolute atomic E-state index is 0.432. The Hall–Kier alpha value is -3.59. The van der Waals surface area contributed by atoms with E-state index in [-0.39, 0.29) is 0 Å². The molecule has 5 aromatic rings. The van der Waals surface area contributed by atoms with Gasteiger partial charge in [0.25, 0.3) is 5.19 Å². The van der Waals surface area contributed by atoms with Gasteiger partial charge < -0.3 is 14.2 Å². The number of fused-ring (bicyclic) bond motifs is 2. The van der Waals surface area contributed by atoms with Gasteiger partial charge in [-0.3, -0.25) is 0 Å². The van der Waals surface area contributed by atoms with Crippen LogP contribution < -0.4 is 14.2 Å². The first-order valence-corrected chi connectivity index (χ1v) is 9.70.